The molecule has 0 spiro atoms. The van der Waals surface area contributed by atoms with Gasteiger partial charge in [-0.25, -0.2) is 0 Å². The number of likely N-dealkylation sites (tertiary alicyclic amines) is 1. The third-order valence-corrected chi connectivity index (χ3v) is 4.58. The van der Waals surface area contributed by atoms with Gasteiger partial charge in [-0.2, -0.15) is 0 Å². The Hall–Kier alpha value is -1.02. The normalized spacial score (nSPS) is 19.9. The van der Waals surface area contributed by atoms with E-state index in [0.717, 1.165) is 5.69 Å². The van der Waals surface area contributed by atoms with E-state index in [-0.39, 0.29) is 0 Å². The van der Waals surface area contributed by atoms with Crippen molar-refractivity contribution in [3.63, 3.8) is 0 Å². The second-order valence-corrected chi connectivity index (χ2v) is 6.25. The van der Waals surface area contributed by atoms with Gasteiger partial charge in [-0.3, -0.25) is 4.90 Å². The highest BCUT2D eigenvalue weighted by molar-refractivity contribution is 5.41. The van der Waals surface area contributed by atoms with E-state index in [1.807, 2.05) is 6.07 Å². The summed E-state index contributed by atoms with van der Waals surface area (Å²) < 4.78 is 0. The van der Waals surface area contributed by atoms with Crippen LogP contribution in [0.15, 0.2) is 24.3 Å². The average Bonchev–Trinajstić information content (AvgIpc) is 2.35. The Morgan fingerprint density at radius 1 is 1.21 bits per heavy atom. The summed E-state index contributed by atoms with van der Waals surface area (Å²) in [6.07, 6.45) is 5.36. The lowest BCUT2D eigenvalue weighted by Gasteiger charge is -2.53. The van der Waals surface area contributed by atoms with Crippen LogP contribution in [-0.2, 0) is 0 Å². The zero-order chi connectivity index (χ0) is 13.9. The molecule has 1 aromatic carbocycles. The van der Waals surface area contributed by atoms with Gasteiger partial charge in [0.05, 0.1) is 0 Å². The summed E-state index contributed by atoms with van der Waals surface area (Å²) in [5.41, 5.74) is 8.70. The van der Waals surface area contributed by atoms with Crippen molar-refractivity contribution in [2.45, 2.75) is 52.5 Å². The predicted molar refractivity (Wildman–Crippen MR) is 83.1 cm³/mol. The zero-order valence-electron chi connectivity index (χ0n) is 12.7. The molecule has 1 atom stereocenters. The van der Waals surface area contributed by atoms with E-state index in [2.05, 4.69) is 43.9 Å². The Morgan fingerprint density at radius 2 is 1.84 bits per heavy atom. The lowest BCUT2D eigenvalue weighted by Crippen LogP contribution is -2.56. The first-order valence-electron chi connectivity index (χ1n) is 7.70. The molecule has 2 N–H and O–H groups in total. The summed E-state index contributed by atoms with van der Waals surface area (Å²) >= 11 is 0. The van der Waals surface area contributed by atoms with Crippen LogP contribution in [0.4, 0.5) is 5.69 Å². The molecule has 2 heteroatoms. The Labute approximate surface area is 118 Å². The Morgan fingerprint density at radius 3 is 2.37 bits per heavy atom. The monoisotopic (exact) mass is 260 g/mol. The molecule has 1 unspecified atom stereocenters. The van der Waals surface area contributed by atoms with Crippen LogP contribution in [-0.4, -0.2) is 18.0 Å². The van der Waals surface area contributed by atoms with Gasteiger partial charge in [0.25, 0.3) is 0 Å². The van der Waals surface area contributed by atoms with Crippen molar-refractivity contribution in [1.29, 1.82) is 0 Å². The third-order valence-electron chi connectivity index (χ3n) is 4.58. The number of nitrogens with zero attached hydrogens (tertiary/aromatic N) is 1. The highest BCUT2D eigenvalue weighted by atomic mass is 15.2. The molecular formula is C17H28N2. The van der Waals surface area contributed by atoms with Crippen molar-refractivity contribution in [2.75, 3.05) is 18.8 Å². The molecule has 106 valence electrons. The van der Waals surface area contributed by atoms with Gasteiger partial charge >= 0.3 is 0 Å². The first-order chi connectivity index (χ1) is 9.10. The van der Waals surface area contributed by atoms with Crippen LogP contribution in [0.25, 0.3) is 0 Å². The number of benzene rings is 1. The molecule has 1 saturated heterocycles. The number of hydrogen-bond acceptors (Lipinski definition) is 2. The van der Waals surface area contributed by atoms with Crippen molar-refractivity contribution >= 4 is 5.69 Å². The van der Waals surface area contributed by atoms with Crippen LogP contribution < -0.4 is 5.73 Å². The van der Waals surface area contributed by atoms with E-state index in [1.165, 1.54) is 44.3 Å². The summed E-state index contributed by atoms with van der Waals surface area (Å²) in [4.78, 5) is 2.60. The molecule has 0 bridgehead atoms. The molecule has 1 aromatic rings. The first-order valence-corrected chi connectivity index (χ1v) is 7.70. The van der Waals surface area contributed by atoms with Gasteiger partial charge in [0.15, 0.2) is 0 Å². The zero-order valence-corrected chi connectivity index (χ0v) is 12.7. The van der Waals surface area contributed by atoms with Crippen molar-refractivity contribution < 1.29 is 0 Å². The van der Waals surface area contributed by atoms with E-state index in [0.29, 0.717) is 11.5 Å². The van der Waals surface area contributed by atoms with E-state index in [9.17, 15) is 0 Å². The van der Waals surface area contributed by atoms with E-state index < -0.39 is 0 Å². The first kappa shape index (κ1) is 14.4. The molecule has 1 aliphatic heterocycles. The number of rotatable bonds is 6. The molecule has 0 aliphatic carbocycles. The maximum atomic E-state index is 5.89. The fraction of sp³-hybridized carbons (Fsp3) is 0.647. The topological polar surface area (TPSA) is 29.3 Å². The summed E-state index contributed by atoms with van der Waals surface area (Å²) in [6.45, 7) is 9.43. The summed E-state index contributed by atoms with van der Waals surface area (Å²) in [5.74, 6) is 0. The van der Waals surface area contributed by atoms with Crippen LogP contribution >= 0.6 is 0 Å². The van der Waals surface area contributed by atoms with Gasteiger partial charge in [0, 0.05) is 24.8 Å². The molecule has 0 saturated carbocycles. The molecule has 19 heavy (non-hydrogen) atoms. The van der Waals surface area contributed by atoms with E-state index >= 15 is 0 Å². The van der Waals surface area contributed by atoms with Gasteiger partial charge in [-0.1, -0.05) is 38.8 Å². The van der Waals surface area contributed by atoms with Crippen LogP contribution in [0.5, 0.6) is 0 Å². The number of nitrogen functional groups attached to an aromatic ring is 1. The molecule has 0 amide bonds. The lowest BCUT2D eigenvalue weighted by molar-refractivity contribution is -0.0403. The standard InChI is InChI=1S/C17H28N2/c1-4-9-17(10-5-2)12-19(13-17)14(3)15-7-6-8-16(18)11-15/h6-8,11,14H,4-5,9-10,12-13,18H2,1-3H3. The maximum Gasteiger partial charge on any atom is 0.0321 e. The van der Waals surface area contributed by atoms with Crippen molar-refractivity contribution in [2.24, 2.45) is 5.41 Å². The minimum atomic E-state index is 0.491. The van der Waals surface area contributed by atoms with Crippen molar-refractivity contribution in [3.8, 4) is 0 Å². The fourth-order valence-electron chi connectivity index (χ4n) is 3.62. The van der Waals surface area contributed by atoms with Gasteiger partial charge in [0.1, 0.15) is 0 Å². The average molecular weight is 260 g/mol. The van der Waals surface area contributed by atoms with Crippen molar-refractivity contribution in [1.82, 2.24) is 4.90 Å². The Balaban J connectivity index is 1.98. The highest BCUT2D eigenvalue weighted by Gasteiger charge is 2.42. The summed E-state index contributed by atoms with van der Waals surface area (Å²) in [7, 11) is 0. The van der Waals surface area contributed by atoms with Gasteiger partial charge in [-0.15, -0.1) is 0 Å². The number of hydrogen-bond donors (Lipinski definition) is 1. The molecular weight excluding hydrogens is 232 g/mol. The summed E-state index contributed by atoms with van der Waals surface area (Å²) in [5, 5.41) is 0. The number of anilines is 1. The Bertz CT molecular complexity index is 399. The molecule has 0 aromatic heterocycles. The number of nitrogens with two attached hydrogens (primary N) is 1. The van der Waals surface area contributed by atoms with Crippen molar-refractivity contribution in [3.05, 3.63) is 29.8 Å². The van der Waals surface area contributed by atoms with Crippen LogP contribution in [0, 0.1) is 5.41 Å². The molecule has 2 rings (SSSR count). The molecule has 1 aliphatic rings. The van der Waals surface area contributed by atoms with Gasteiger partial charge in [0.2, 0.25) is 0 Å². The molecule has 0 radical (unpaired) electrons. The predicted octanol–water partition coefficient (Wildman–Crippen LogP) is 4.23. The lowest BCUT2D eigenvalue weighted by atomic mass is 9.72. The summed E-state index contributed by atoms with van der Waals surface area (Å²) in [6, 6.07) is 8.83. The minimum absolute atomic E-state index is 0.491. The fourth-order valence-corrected chi connectivity index (χ4v) is 3.62. The third kappa shape index (κ3) is 3.11. The minimum Gasteiger partial charge on any atom is -0.399 e. The molecule has 1 fully saturated rings. The van der Waals surface area contributed by atoms with E-state index in [4.69, 9.17) is 5.73 Å². The highest BCUT2D eigenvalue weighted by Crippen LogP contribution is 2.43. The smallest absolute Gasteiger partial charge is 0.0321 e. The largest absolute Gasteiger partial charge is 0.399 e. The maximum absolute atomic E-state index is 5.89. The molecule has 1 heterocycles. The van der Waals surface area contributed by atoms with Crippen LogP contribution in [0.1, 0.15) is 58.1 Å². The van der Waals surface area contributed by atoms with Gasteiger partial charge < -0.3 is 5.73 Å². The van der Waals surface area contributed by atoms with Gasteiger partial charge in [-0.05, 0) is 42.9 Å². The van der Waals surface area contributed by atoms with Crippen LogP contribution in [0.3, 0.4) is 0 Å². The quantitative estimate of drug-likeness (QED) is 0.775. The Kier molecular flexibility index (Phi) is 4.51. The molecule has 2 nitrogen and oxygen atoms in total. The second kappa shape index (κ2) is 5.96. The second-order valence-electron chi connectivity index (χ2n) is 6.25. The van der Waals surface area contributed by atoms with E-state index in [1.54, 1.807) is 0 Å². The van der Waals surface area contributed by atoms with Crippen LogP contribution in [0.2, 0.25) is 0 Å². The SMILES string of the molecule is CCCC1(CCC)CN(C(C)c2cccc(N)c2)C1.